The lowest BCUT2D eigenvalue weighted by atomic mass is 9.76. The molecule has 22 heavy (non-hydrogen) atoms. The summed E-state index contributed by atoms with van der Waals surface area (Å²) in [7, 11) is 0. The highest BCUT2D eigenvalue weighted by molar-refractivity contribution is 5.70. The Bertz CT molecular complexity index is 781. The van der Waals surface area contributed by atoms with E-state index in [4.69, 9.17) is 0 Å². The van der Waals surface area contributed by atoms with Gasteiger partial charge in [0.05, 0.1) is 5.54 Å². The molecule has 0 spiro atoms. The number of dihydropyridines is 1. The van der Waals surface area contributed by atoms with E-state index in [0.29, 0.717) is 11.1 Å². The van der Waals surface area contributed by atoms with Crippen molar-refractivity contribution >= 4 is 6.08 Å². The van der Waals surface area contributed by atoms with Crippen LogP contribution in [0.4, 0.5) is 8.78 Å². The molecule has 0 amide bonds. The summed E-state index contributed by atoms with van der Waals surface area (Å²) in [5.41, 5.74) is 5.76. The van der Waals surface area contributed by atoms with Crippen LogP contribution in [0, 0.1) is 11.6 Å². The van der Waals surface area contributed by atoms with Crippen molar-refractivity contribution in [3.05, 3.63) is 63.4 Å². The molecule has 0 aromatic heterocycles. The van der Waals surface area contributed by atoms with Gasteiger partial charge in [0, 0.05) is 29.2 Å². The third kappa shape index (κ3) is 1.88. The average molecular weight is 299 g/mol. The van der Waals surface area contributed by atoms with E-state index in [1.165, 1.54) is 29.0 Å². The van der Waals surface area contributed by atoms with Crippen LogP contribution in [0.5, 0.6) is 0 Å². The Labute approximate surface area is 129 Å². The molecule has 0 saturated heterocycles. The van der Waals surface area contributed by atoms with Crippen LogP contribution < -0.4 is 5.32 Å². The van der Waals surface area contributed by atoms with Crippen LogP contribution in [0.2, 0.25) is 0 Å². The quantitative estimate of drug-likeness (QED) is 0.724. The molecule has 3 aliphatic rings. The maximum atomic E-state index is 14.2. The van der Waals surface area contributed by atoms with E-state index in [9.17, 15) is 8.78 Å². The molecule has 1 aromatic carbocycles. The number of halogens is 2. The number of fused-ring (bicyclic) bond motifs is 3. The van der Waals surface area contributed by atoms with Crippen molar-refractivity contribution in [1.82, 2.24) is 5.32 Å². The summed E-state index contributed by atoms with van der Waals surface area (Å²) in [5.74, 6) is -0.630. The Balaban J connectivity index is 1.80. The predicted molar refractivity (Wildman–Crippen MR) is 84.3 cm³/mol. The van der Waals surface area contributed by atoms with Crippen LogP contribution in [0.1, 0.15) is 50.7 Å². The molecule has 1 unspecified atom stereocenters. The molecule has 114 valence electrons. The molecule has 2 aliphatic carbocycles. The fourth-order valence-corrected chi connectivity index (χ4v) is 4.17. The predicted octanol–water partition coefficient (Wildman–Crippen LogP) is 4.82. The van der Waals surface area contributed by atoms with Crippen LogP contribution in [0.25, 0.3) is 6.08 Å². The van der Waals surface area contributed by atoms with E-state index in [2.05, 4.69) is 32.2 Å². The largest absolute Gasteiger partial charge is 0.379 e. The molecule has 0 bridgehead atoms. The second-order valence-corrected chi connectivity index (χ2v) is 7.14. The number of rotatable bonds is 0. The Morgan fingerprint density at radius 2 is 1.91 bits per heavy atom. The molecule has 1 N–H and O–H groups in total. The van der Waals surface area contributed by atoms with Crippen LogP contribution in [0.3, 0.4) is 0 Å². The van der Waals surface area contributed by atoms with Crippen molar-refractivity contribution in [2.24, 2.45) is 0 Å². The van der Waals surface area contributed by atoms with Crippen LogP contribution in [-0.4, -0.2) is 5.54 Å². The highest BCUT2D eigenvalue weighted by atomic mass is 19.1. The second kappa shape index (κ2) is 4.31. The van der Waals surface area contributed by atoms with Crippen molar-refractivity contribution in [3.63, 3.8) is 0 Å². The van der Waals surface area contributed by atoms with Gasteiger partial charge in [-0.25, -0.2) is 8.78 Å². The van der Waals surface area contributed by atoms with E-state index >= 15 is 0 Å². The van der Waals surface area contributed by atoms with E-state index in [-0.39, 0.29) is 23.1 Å². The zero-order valence-corrected chi connectivity index (χ0v) is 13.1. The van der Waals surface area contributed by atoms with Crippen molar-refractivity contribution < 1.29 is 8.78 Å². The van der Waals surface area contributed by atoms with E-state index < -0.39 is 0 Å². The summed E-state index contributed by atoms with van der Waals surface area (Å²) in [5, 5.41) is 3.57. The summed E-state index contributed by atoms with van der Waals surface area (Å²) < 4.78 is 28.3. The highest BCUT2D eigenvalue weighted by Crippen LogP contribution is 2.50. The summed E-state index contributed by atoms with van der Waals surface area (Å²) in [4.78, 5) is 0. The lowest BCUT2D eigenvalue weighted by Gasteiger charge is -2.38. The van der Waals surface area contributed by atoms with Crippen molar-refractivity contribution in [3.8, 4) is 0 Å². The summed E-state index contributed by atoms with van der Waals surface area (Å²) in [6, 6.07) is 2.47. The molecule has 4 rings (SSSR count). The SMILES string of the molecule is CC1=CC(C)(C)NC2=C1CC1C(=Cc3c(F)ccc(F)c31)C2. The van der Waals surface area contributed by atoms with E-state index in [1.807, 2.05) is 6.08 Å². The van der Waals surface area contributed by atoms with Gasteiger partial charge in [-0.2, -0.15) is 0 Å². The Hall–Kier alpha value is -1.90. The minimum absolute atomic E-state index is 0.0178. The van der Waals surface area contributed by atoms with Gasteiger partial charge in [-0.3, -0.25) is 0 Å². The average Bonchev–Trinajstić information content (AvgIpc) is 2.79. The maximum absolute atomic E-state index is 14.2. The first kappa shape index (κ1) is 13.7. The Morgan fingerprint density at radius 1 is 1.18 bits per heavy atom. The second-order valence-electron chi connectivity index (χ2n) is 7.14. The van der Waals surface area contributed by atoms with E-state index in [1.54, 1.807) is 0 Å². The molecular weight excluding hydrogens is 280 g/mol. The summed E-state index contributed by atoms with van der Waals surface area (Å²) >= 11 is 0. The topological polar surface area (TPSA) is 12.0 Å². The highest BCUT2D eigenvalue weighted by Gasteiger charge is 2.37. The van der Waals surface area contributed by atoms with Crippen LogP contribution >= 0.6 is 0 Å². The monoisotopic (exact) mass is 299 g/mol. The van der Waals surface area contributed by atoms with Crippen LogP contribution in [0.15, 0.2) is 40.6 Å². The Morgan fingerprint density at radius 3 is 2.68 bits per heavy atom. The smallest absolute Gasteiger partial charge is 0.130 e. The van der Waals surface area contributed by atoms with Crippen molar-refractivity contribution in [2.45, 2.75) is 45.1 Å². The number of hydrogen-bond donors (Lipinski definition) is 1. The number of benzene rings is 1. The number of hydrogen-bond acceptors (Lipinski definition) is 1. The number of allylic oxidation sites excluding steroid dienone is 3. The lowest BCUT2D eigenvalue weighted by molar-refractivity contribution is 0.488. The fraction of sp³-hybridized carbons (Fsp3) is 0.368. The zero-order chi connectivity index (χ0) is 15.6. The summed E-state index contributed by atoms with van der Waals surface area (Å²) in [6.45, 7) is 6.40. The lowest BCUT2D eigenvalue weighted by Crippen LogP contribution is -2.41. The van der Waals surface area contributed by atoms with Crippen LogP contribution in [-0.2, 0) is 0 Å². The Kier molecular flexibility index (Phi) is 2.69. The van der Waals surface area contributed by atoms with Gasteiger partial charge in [-0.1, -0.05) is 17.7 Å². The molecular formula is C19H19F2N. The third-order valence-electron chi connectivity index (χ3n) is 4.99. The zero-order valence-electron chi connectivity index (χ0n) is 13.1. The van der Waals surface area contributed by atoms with Gasteiger partial charge in [-0.05, 0) is 50.5 Å². The maximum Gasteiger partial charge on any atom is 0.130 e. The number of nitrogens with one attached hydrogen (secondary N) is 1. The van der Waals surface area contributed by atoms with Gasteiger partial charge in [0.25, 0.3) is 0 Å². The molecule has 1 heterocycles. The van der Waals surface area contributed by atoms with Gasteiger partial charge in [0.1, 0.15) is 11.6 Å². The minimum Gasteiger partial charge on any atom is -0.379 e. The first-order valence-corrected chi connectivity index (χ1v) is 7.74. The first-order chi connectivity index (χ1) is 10.4. The minimum atomic E-state index is -0.322. The van der Waals surface area contributed by atoms with Gasteiger partial charge in [-0.15, -0.1) is 0 Å². The molecule has 1 nitrogen and oxygen atoms in total. The van der Waals surface area contributed by atoms with Crippen molar-refractivity contribution in [1.29, 1.82) is 0 Å². The first-order valence-electron chi connectivity index (χ1n) is 7.74. The van der Waals surface area contributed by atoms with E-state index in [0.717, 1.165) is 18.4 Å². The van der Waals surface area contributed by atoms with Gasteiger partial charge in [0.2, 0.25) is 0 Å². The molecule has 3 heteroatoms. The fourth-order valence-electron chi connectivity index (χ4n) is 4.17. The van der Waals surface area contributed by atoms with Crippen molar-refractivity contribution in [2.75, 3.05) is 0 Å². The van der Waals surface area contributed by atoms with Gasteiger partial charge < -0.3 is 5.32 Å². The molecule has 1 atom stereocenters. The molecule has 1 aliphatic heterocycles. The normalized spacial score (nSPS) is 24.9. The summed E-state index contributed by atoms with van der Waals surface area (Å²) in [6.07, 6.45) is 5.57. The molecule has 0 saturated carbocycles. The molecule has 0 fully saturated rings. The van der Waals surface area contributed by atoms with Gasteiger partial charge in [0.15, 0.2) is 0 Å². The van der Waals surface area contributed by atoms with Gasteiger partial charge >= 0.3 is 0 Å². The molecule has 0 radical (unpaired) electrons. The standard InChI is InChI=1S/C19H19F2N/c1-10-9-19(2,3)22-17-7-11-6-14-15(20)4-5-16(21)18(14)13(11)8-12(10)17/h4-6,9,13,22H,7-8H2,1-3H3. The third-order valence-corrected chi connectivity index (χ3v) is 4.99. The molecule has 1 aromatic rings.